The Kier molecular flexibility index (Phi) is 41.7. The molecule has 808 valence electrons. The van der Waals surface area contributed by atoms with Gasteiger partial charge in [0.25, 0.3) is 0 Å². The van der Waals surface area contributed by atoms with Gasteiger partial charge in [-0.05, 0) is 0 Å². The third-order valence-corrected chi connectivity index (χ3v) is 25.4. The van der Waals surface area contributed by atoms with Crippen molar-refractivity contribution in [3.63, 3.8) is 0 Å². The predicted molar refractivity (Wildman–Crippen MR) is 432 cm³/mol. The van der Waals surface area contributed by atoms with Crippen molar-refractivity contribution in [2.24, 2.45) is 0 Å². The number of aliphatic hydroxyl groups is 29. The molecule has 0 aromatic rings. The molecule has 0 aromatic heterocycles. The minimum Gasteiger partial charge on any atom is -0.394 e. The van der Waals surface area contributed by atoms with Gasteiger partial charge in [0.15, 0.2) is 69.2 Å². The Balaban J connectivity index is 0.997. The maximum Gasteiger partial charge on any atom is 0.217 e. The molecule has 1 unspecified atom stereocenters. The van der Waals surface area contributed by atoms with Gasteiger partial charge in [-0.1, -0.05) is 0 Å². The van der Waals surface area contributed by atoms with Crippen LogP contribution in [0.3, 0.4) is 0 Å². The van der Waals surface area contributed by atoms with Gasteiger partial charge in [-0.25, -0.2) is 0 Å². The van der Waals surface area contributed by atoms with E-state index in [2.05, 4.69) is 31.9 Å². The third kappa shape index (κ3) is 25.8. The number of carbonyl (C=O) groups is 6. The van der Waals surface area contributed by atoms with Gasteiger partial charge < -0.3 is 279 Å². The third-order valence-electron chi connectivity index (χ3n) is 25.4. The van der Waals surface area contributed by atoms with Gasteiger partial charge in [0.2, 0.25) is 35.4 Å². The normalized spacial score (nSPS) is 48.1. The Morgan fingerprint density at radius 2 is 0.407 bits per heavy atom. The highest BCUT2D eigenvalue weighted by Crippen LogP contribution is 2.42. The van der Waals surface area contributed by atoms with Crippen LogP contribution in [-0.2, 0) is 128 Å². The van der Waals surface area contributed by atoms with Crippen molar-refractivity contribution >= 4 is 35.4 Å². The standard InChI is InChI=1S/C78H130N6O56/c1-18(94)79-35-49(108)60(28(11-89)122-68(35)119)133-72-39(83-22(5)98)51(110)63(31(14-92)128-72)137-76-59(118)65(138-78-67(140-71-37(81-20(3)96)48(107)42(101)25(8-86)124-71)58(117)64(32(15-93)130-78)134-70-36(80-19(2)95)47(106)41(100)24(7-85)123-70)46(105)34(131-76)17-121-77-66(139-73-40(84-23(6)99)52(111)62(30(13-91)129-73)136-75-57(116)54(113)44(103)27(10-88)126-75)55(114)45(104)33(132-77)16-120-69-38(82-21(4)97)50(109)61(29(12-90)127-69)135-74-56(115)53(112)43(102)26(9-87)125-74/h24-78,85-93,100-119H,7-17H2,1-6H3,(H,79,94)(H,80,95)(H,81,96)(H,82,97)(H,83,98)(H,84,99)/t24-,25-,26-,27-,28-,29-,30-,31-,32-,33-,34-,35-,36-,37-,38-,39-,40-,41-,42-,43+,44+,45-,46-,47-,48-,49-,50-,51-,52-,53+,54+,55+,56-,57-,58+,59+,60-,61-,62-,63-,64-,65+,66+,67+,68?,69-,70+,71+,72+,73+,74+,75+,76+,77+,78-/m1/s1. The number of amides is 6. The van der Waals surface area contributed by atoms with Crippen LogP contribution in [0.2, 0.25) is 0 Å². The summed E-state index contributed by atoms with van der Waals surface area (Å²) < 4.78 is 127. The van der Waals surface area contributed by atoms with Crippen LogP contribution in [0.1, 0.15) is 41.5 Å². The van der Waals surface area contributed by atoms with Crippen molar-refractivity contribution in [2.45, 2.75) is 379 Å². The Morgan fingerprint density at radius 3 is 0.764 bits per heavy atom. The van der Waals surface area contributed by atoms with Crippen molar-refractivity contribution in [3.8, 4) is 0 Å². The number of ether oxygens (including phenoxy) is 21. The van der Waals surface area contributed by atoms with Crippen molar-refractivity contribution in [1.82, 2.24) is 31.9 Å². The summed E-state index contributed by atoms with van der Waals surface area (Å²) in [6.07, 6.45) is -106. The molecule has 35 N–H and O–H groups in total. The van der Waals surface area contributed by atoms with Crippen LogP contribution in [0.4, 0.5) is 0 Å². The van der Waals surface area contributed by atoms with Gasteiger partial charge in [0, 0.05) is 41.5 Å². The fourth-order valence-electron chi connectivity index (χ4n) is 18.1. The molecule has 11 saturated heterocycles. The SMILES string of the molecule is CC(=O)N[C@H]1[C@H](O[C@H]2[C@H](O)[C@@H](NC(C)=O)C(O)O[C@@H]2CO)O[C@H](CO)[C@@H](O[C@@H]2O[C@H](CO[C@H]3O[C@H](CO[C@@H]4O[C@H](CO)[C@@H](O[C@@H]5O[C@H](CO)[C@H](O)[C@H](O)[C@H]5O)[C@H](O)[C@H]4NC(C)=O)[C@@H](O)[C@H](O)[C@@H]3O[C@@H]3O[C@H](CO)[C@@H](O[C@@H]4O[C@H](CO)[C@H](O)[C@H](O)[C@H]4O)[C@H](O)[C@H]3NC(C)=O)[C@@H](O)[C@H](O[C@H]3O[C@H](CO)[C@@H](O[C@@H]4O[C@H](CO)[C@@H](O)[C@H](O)[C@H]4NC(C)=O)[C@H](O)[C@@H]3O[C@@H]3O[C@H](CO)[C@@H](O)[C@H](O)[C@H]3NC(C)=O)[C@@H]2O)[C@@H]1O. The van der Waals surface area contributed by atoms with E-state index >= 15 is 0 Å². The largest absolute Gasteiger partial charge is 0.394 e. The predicted octanol–water partition coefficient (Wildman–Crippen LogP) is -24.1. The second-order valence-electron chi connectivity index (χ2n) is 35.3. The van der Waals surface area contributed by atoms with E-state index in [1.165, 1.54) is 0 Å². The first kappa shape index (κ1) is 115. The molecule has 0 radical (unpaired) electrons. The van der Waals surface area contributed by atoms with E-state index < -0.39 is 446 Å². The lowest BCUT2D eigenvalue weighted by Crippen LogP contribution is -2.71. The number of hydrogen-bond donors (Lipinski definition) is 35. The summed E-state index contributed by atoms with van der Waals surface area (Å²) in [7, 11) is 0. The monoisotopic (exact) mass is 2050 g/mol. The van der Waals surface area contributed by atoms with E-state index in [4.69, 9.17) is 99.5 Å². The van der Waals surface area contributed by atoms with E-state index in [1.54, 1.807) is 0 Å². The fourth-order valence-corrected chi connectivity index (χ4v) is 18.1. The number of carbonyl (C=O) groups excluding carboxylic acids is 6. The molecule has 62 heteroatoms. The Morgan fingerprint density at radius 1 is 0.186 bits per heavy atom. The van der Waals surface area contributed by atoms with Crippen LogP contribution in [0.15, 0.2) is 0 Å². The molecular weight excluding hydrogens is 1920 g/mol. The Bertz CT molecular complexity index is 3910. The lowest BCUT2D eigenvalue weighted by Gasteiger charge is -2.52. The minimum atomic E-state index is -2.75. The maximum atomic E-state index is 13.3. The van der Waals surface area contributed by atoms with Gasteiger partial charge in [0.1, 0.15) is 268 Å². The molecule has 11 heterocycles. The molecular formula is C78H130N6O56. The van der Waals surface area contributed by atoms with Crippen molar-refractivity contribution in [3.05, 3.63) is 0 Å². The molecule has 0 bridgehead atoms. The molecule has 0 spiro atoms. The van der Waals surface area contributed by atoms with Crippen molar-refractivity contribution < 1.29 is 276 Å². The van der Waals surface area contributed by atoms with Crippen LogP contribution in [-0.4, -0.2) is 594 Å². The molecule has 55 atom stereocenters. The number of aliphatic hydroxyl groups excluding tert-OH is 29. The molecule has 62 nitrogen and oxygen atoms in total. The van der Waals surface area contributed by atoms with Gasteiger partial charge in [-0.15, -0.1) is 0 Å². The molecule has 11 aliphatic heterocycles. The van der Waals surface area contributed by atoms with E-state index in [1.807, 2.05) is 0 Å². The highest BCUT2D eigenvalue weighted by molar-refractivity contribution is 5.75. The van der Waals surface area contributed by atoms with Crippen LogP contribution >= 0.6 is 0 Å². The number of nitrogens with one attached hydrogen (secondary N) is 6. The van der Waals surface area contributed by atoms with E-state index in [0.717, 1.165) is 41.5 Å². The van der Waals surface area contributed by atoms with Crippen molar-refractivity contribution in [2.75, 3.05) is 72.7 Å². The summed E-state index contributed by atoms with van der Waals surface area (Å²) in [5.41, 5.74) is 0. The fraction of sp³-hybridized carbons (Fsp3) is 0.923. The highest BCUT2D eigenvalue weighted by Gasteiger charge is 2.63. The summed E-state index contributed by atoms with van der Waals surface area (Å²) >= 11 is 0. The second-order valence-corrected chi connectivity index (χ2v) is 35.3. The number of hydrogen-bond acceptors (Lipinski definition) is 56. The lowest BCUT2D eigenvalue weighted by molar-refractivity contribution is -0.403. The molecule has 0 aromatic carbocycles. The average molecular weight is 2050 g/mol. The maximum absolute atomic E-state index is 13.3. The molecule has 140 heavy (non-hydrogen) atoms. The van der Waals surface area contributed by atoms with Gasteiger partial charge >= 0.3 is 0 Å². The molecule has 11 aliphatic rings. The molecule has 11 fully saturated rings. The molecule has 0 aliphatic carbocycles. The van der Waals surface area contributed by atoms with Crippen molar-refractivity contribution in [1.29, 1.82) is 0 Å². The van der Waals surface area contributed by atoms with Gasteiger partial charge in [-0.2, -0.15) is 0 Å². The average Bonchev–Trinajstić information content (AvgIpc) is 0.759. The zero-order valence-corrected chi connectivity index (χ0v) is 75.5. The Labute approximate surface area is 792 Å². The van der Waals surface area contributed by atoms with Crippen LogP contribution in [0.25, 0.3) is 0 Å². The summed E-state index contributed by atoms with van der Waals surface area (Å²) in [4.78, 5) is 77.6. The van der Waals surface area contributed by atoms with Crippen LogP contribution in [0.5, 0.6) is 0 Å². The quantitative estimate of drug-likeness (QED) is 0.0275. The summed E-state index contributed by atoms with van der Waals surface area (Å²) in [5.74, 6) is -5.72. The summed E-state index contributed by atoms with van der Waals surface area (Å²) in [6, 6.07) is -11.5. The molecule has 0 saturated carbocycles. The smallest absolute Gasteiger partial charge is 0.217 e. The van der Waals surface area contributed by atoms with E-state index in [-0.39, 0.29) is 0 Å². The van der Waals surface area contributed by atoms with E-state index in [9.17, 15) is 177 Å². The molecule has 11 rings (SSSR count). The molecule has 6 amide bonds. The van der Waals surface area contributed by atoms with Crippen LogP contribution in [0, 0.1) is 0 Å². The van der Waals surface area contributed by atoms with Gasteiger partial charge in [-0.3, -0.25) is 28.8 Å². The first-order valence-electron chi connectivity index (χ1n) is 44.6. The van der Waals surface area contributed by atoms with Gasteiger partial charge in [0.05, 0.1) is 72.7 Å². The zero-order chi connectivity index (χ0) is 103. The van der Waals surface area contributed by atoms with Crippen LogP contribution < -0.4 is 31.9 Å². The topological polar surface area (TPSA) is 955 Å². The number of rotatable bonds is 37. The highest BCUT2D eigenvalue weighted by atomic mass is 16.8. The first-order valence-corrected chi connectivity index (χ1v) is 44.6. The summed E-state index contributed by atoms with van der Waals surface area (Å²) in [5, 5.41) is 343. The Hall–Kier alpha value is -5.18. The zero-order valence-electron chi connectivity index (χ0n) is 75.5. The lowest BCUT2D eigenvalue weighted by atomic mass is 9.93. The first-order chi connectivity index (χ1) is 66.2. The second kappa shape index (κ2) is 50.7. The summed E-state index contributed by atoms with van der Waals surface area (Å²) in [6.45, 7) is -7.26. The van der Waals surface area contributed by atoms with E-state index in [0.29, 0.717) is 0 Å². The minimum absolute atomic E-state index is 0.834.